The first-order valence-electron chi connectivity index (χ1n) is 9.91. The Balaban J connectivity index is 1.85. The van der Waals surface area contributed by atoms with Crippen LogP contribution in [0.4, 0.5) is 18.6 Å². The summed E-state index contributed by atoms with van der Waals surface area (Å²) in [6.07, 6.45) is 1.38. The van der Waals surface area contributed by atoms with E-state index in [0.717, 1.165) is 29.9 Å². The molecule has 9 heteroatoms. The molecule has 2 N–H and O–H groups in total. The van der Waals surface area contributed by atoms with Crippen LogP contribution in [0.1, 0.15) is 60.5 Å². The van der Waals surface area contributed by atoms with E-state index in [1.54, 1.807) is 20.8 Å². The lowest BCUT2D eigenvalue weighted by Crippen LogP contribution is -2.44. The summed E-state index contributed by atoms with van der Waals surface area (Å²) in [5, 5.41) is 5.29. The lowest BCUT2D eigenvalue weighted by atomic mass is 9.99. The van der Waals surface area contributed by atoms with E-state index in [0.29, 0.717) is 12.0 Å². The Hall–Kier alpha value is -2.81. The highest BCUT2D eigenvalue weighted by molar-refractivity contribution is 7.17. The number of carbonyl (C=O) groups is 3. The van der Waals surface area contributed by atoms with Crippen LogP contribution in [0.2, 0.25) is 0 Å². The van der Waals surface area contributed by atoms with Gasteiger partial charge in [0.05, 0.1) is 11.1 Å². The van der Waals surface area contributed by atoms with E-state index < -0.39 is 46.6 Å². The normalized spacial score (nSPS) is 14.0. The van der Waals surface area contributed by atoms with Gasteiger partial charge in [-0.25, -0.2) is 13.6 Å². The van der Waals surface area contributed by atoms with Gasteiger partial charge in [0.25, 0.3) is 0 Å². The number of thiophene rings is 1. The first-order valence-corrected chi connectivity index (χ1v) is 10.7. The number of amides is 2. The van der Waals surface area contributed by atoms with Crippen LogP contribution in [0, 0.1) is 11.6 Å². The minimum absolute atomic E-state index is 0.110. The van der Waals surface area contributed by atoms with E-state index >= 15 is 0 Å². The Kier molecular flexibility index (Phi) is 6.45. The molecule has 3 rings (SSSR count). The van der Waals surface area contributed by atoms with Gasteiger partial charge in [0.15, 0.2) is 0 Å². The fourth-order valence-corrected chi connectivity index (χ4v) is 4.63. The van der Waals surface area contributed by atoms with Crippen molar-refractivity contribution < 1.29 is 27.9 Å². The van der Waals surface area contributed by atoms with Gasteiger partial charge in [0.1, 0.15) is 28.3 Å². The smallest absolute Gasteiger partial charge is 0.408 e. The van der Waals surface area contributed by atoms with Crippen LogP contribution in [0.5, 0.6) is 0 Å². The molecule has 2 amide bonds. The van der Waals surface area contributed by atoms with Crippen molar-refractivity contribution in [1.29, 1.82) is 0 Å². The fourth-order valence-electron chi connectivity index (χ4n) is 3.34. The lowest BCUT2D eigenvalue weighted by molar-refractivity contribution is -0.117. The number of hydrogen-bond donors (Lipinski definition) is 2. The zero-order valence-corrected chi connectivity index (χ0v) is 18.5. The molecular formula is C22H24F2N2O4S. The predicted molar refractivity (Wildman–Crippen MR) is 114 cm³/mol. The van der Waals surface area contributed by atoms with E-state index in [1.807, 2.05) is 0 Å². The summed E-state index contributed by atoms with van der Waals surface area (Å²) in [6, 6.07) is 2.27. The van der Waals surface area contributed by atoms with Crippen molar-refractivity contribution in [2.75, 3.05) is 5.32 Å². The molecule has 0 fully saturated rings. The summed E-state index contributed by atoms with van der Waals surface area (Å²) < 4.78 is 33.6. The number of benzene rings is 1. The highest BCUT2D eigenvalue weighted by Gasteiger charge is 2.31. The quantitative estimate of drug-likeness (QED) is 0.652. The molecule has 0 bridgehead atoms. The van der Waals surface area contributed by atoms with Crippen LogP contribution >= 0.6 is 11.3 Å². The first-order chi connectivity index (χ1) is 14.5. The number of fused-ring (bicyclic) bond motifs is 1. The molecule has 1 aromatic carbocycles. The molecule has 0 unspecified atom stereocenters. The summed E-state index contributed by atoms with van der Waals surface area (Å²) >= 11 is 1.22. The van der Waals surface area contributed by atoms with Crippen LogP contribution in [0.3, 0.4) is 0 Å². The van der Waals surface area contributed by atoms with Gasteiger partial charge in [0.2, 0.25) is 11.7 Å². The summed E-state index contributed by atoms with van der Waals surface area (Å²) in [7, 11) is 0. The van der Waals surface area contributed by atoms with Gasteiger partial charge in [-0.1, -0.05) is 6.07 Å². The number of ketones is 1. The number of aryl methyl sites for hydroxylation is 1. The molecule has 6 nitrogen and oxygen atoms in total. The predicted octanol–water partition coefficient (Wildman–Crippen LogP) is 4.60. The molecule has 1 aliphatic carbocycles. The molecule has 1 aliphatic rings. The SMILES string of the molecule is C[C@H](NC(=O)OC(C)(C)C)C(=O)Nc1sc2c(c1C(=O)c1c(F)cccc1F)CCC2. The van der Waals surface area contributed by atoms with Gasteiger partial charge in [-0.15, -0.1) is 11.3 Å². The van der Waals surface area contributed by atoms with Crippen molar-refractivity contribution in [3.63, 3.8) is 0 Å². The Morgan fingerprint density at radius 1 is 1.10 bits per heavy atom. The Morgan fingerprint density at radius 2 is 1.74 bits per heavy atom. The van der Waals surface area contributed by atoms with Crippen LogP contribution in [-0.2, 0) is 22.4 Å². The van der Waals surface area contributed by atoms with Crippen molar-refractivity contribution in [2.45, 2.75) is 58.6 Å². The van der Waals surface area contributed by atoms with E-state index in [-0.39, 0.29) is 10.6 Å². The zero-order valence-electron chi connectivity index (χ0n) is 17.7. The lowest BCUT2D eigenvalue weighted by Gasteiger charge is -2.21. The summed E-state index contributed by atoms with van der Waals surface area (Å²) in [5.41, 5.74) is -0.552. The van der Waals surface area contributed by atoms with E-state index in [4.69, 9.17) is 4.74 Å². The number of alkyl carbamates (subject to hydrolysis) is 1. The monoisotopic (exact) mass is 450 g/mol. The average molecular weight is 451 g/mol. The number of ether oxygens (including phenoxy) is 1. The summed E-state index contributed by atoms with van der Waals surface area (Å²) in [6.45, 7) is 6.57. The zero-order chi connectivity index (χ0) is 22.9. The van der Waals surface area contributed by atoms with Gasteiger partial charge < -0.3 is 15.4 Å². The second-order valence-electron chi connectivity index (χ2n) is 8.34. The van der Waals surface area contributed by atoms with Gasteiger partial charge in [-0.05, 0) is 64.7 Å². The fraction of sp³-hybridized carbons (Fsp3) is 0.409. The highest BCUT2D eigenvalue weighted by atomic mass is 32.1. The largest absolute Gasteiger partial charge is 0.444 e. The third kappa shape index (κ3) is 5.10. The van der Waals surface area contributed by atoms with Gasteiger partial charge in [-0.3, -0.25) is 9.59 Å². The number of rotatable bonds is 5. The van der Waals surface area contributed by atoms with Gasteiger partial charge in [-0.2, -0.15) is 0 Å². The maximum absolute atomic E-state index is 14.2. The molecule has 0 saturated heterocycles. The first kappa shape index (κ1) is 22.9. The van der Waals surface area contributed by atoms with Crippen molar-refractivity contribution >= 4 is 34.1 Å². The summed E-state index contributed by atoms with van der Waals surface area (Å²) in [4.78, 5) is 38.6. The number of anilines is 1. The average Bonchev–Trinajstić information content (AvgIpc) is 3.20. The number of nitrogens with one attached hydrogen (secondary N) is 2. The second kappa shape index (κ2) is 8.74. The molecule has 166 valence electrons. The Morgan fingerprint density at radius 3 is 2.35 bits per heavy atom. The third-order valence-corrected chi connectivity index (χ3v) is 5.91. The number of hydrogen-bond acceptors (Lipinski definition) is 5. The molecule has 0 radical (unpaired) electrons. The standard InChI is InChI=1S/C22H24F2N2O4S/c1-11(25-21(29)30-22(2,3)4)19(28)26-20-16(12-7-5-10-15(12)31-20)18(27)17-13(23)8-6-9-14(17)24/h6,8-9,11H,5,7,10H2,1-4H3,(H,25,29)(H,26,28)/t11-/m0/s1. The second-order valence-corrected chi connectivity index (χ2v) is 9.45. The molecule has 0 aliphatic heterocycles. The molecule has 1 aromatic heterocycles. The topological polar surface area (TPSA) is 84.5 Å². The maximum atomic E-state index is 14.2. The molecule has 2 aromatic rings. The maximum Gasteiger partial charge on any atom is 0.408 e. The van der Waals surface area contributed by atoms with Crippen LogP contribution in [0.15, 0.2) is 18.2 Å². The van der Waals surface area contributed by atoms with Crippen molar-refractivity contribution in [1.82, 2.24) is 5.32 Å². The molecule has 0 spiro atoms. The minimum Gasteiger partial charge on any atom is -0.444 e. The van der Waals surface area contributed by atoms with Crippen LogP contribution < -0.4 is 10.6 Å². The van der Waals surface area contributed by atoms with E-state index in [1.165, 1.54) is 24.3 Å². The highest BCUT2D eigenvalue weighted by Crippen LogP contribution is 2.40. The molecular weight excluding hydrogens is 426 g/mol. The summed E-state index contributed by atoms with van der Waals surface area (Å²) in [5.74, 6) is -3.30. The molecule has 0 saturated carbocycles. The number of halogens is 2. The van der Waals surface area contributed by atoms with Gasteiger partial charge >= 0.3 is 6.09 Å². The molecule has 31 heavy (non-hydrogen) atoms. The molecule has 1 heterocycles. The third-order valence-electron chi connectivity index (χ3n) is 4.70. The Bertz CT molecular complexity index is 1020. The van der Waals surface area contributed by atoms with E-state index in [9.17, 15) is 23.2 Å². The van der Waals surface area contributed by atoms with E-state index in [2.05, 4.69) is 10.6 Å². The Labute approximate surface area is 183 Å². The van der Waals surface area contributed by atoms with Crippen molar-refractivity contribution in [2.24, 2.45) is 0 Å². The van der Waals surface area contributed by atoms with Crippen molar-refractivity contribution in [3.8, 4) is 0 Å². The van der Waals surface area contributed by atoms with Crippen molar-refractivity contribution in [3.05, 3.63) is 51.4 Å². The van der Waals surface area contributed by atoms with Gasteiger partial charge in [0, 0.05) is 4.88 Å². The molecule has 1 atom stereocenters. The number of carbonyl (C=O) groups excluding carboxylic acids is 3. The van der Waals surface area contributed by atoms with Crippen LogP contribution in [0.25, 0.3) is 0 Å². The van der Waals surface area contributed by atoms with Crippen LogP contribution in [-0.4, -0.2) is 29.4 Å². The minimum atomic E-state index is -0.958.